The van der Waals surface area contributed by atoms with Gasteiger partial charge in [0, 0.05) is 0 Å². The van der Waals surface area contributed by atoms with Gasteiger partial charge in [0.1, 0.15) is 0 Å². The van der Waals surface area contributed by atoms with Gasteiger partial charge in [-0.2, -0.15) is 0 Å². The summed E-state index contributed by atoms with van der Waals surface area (Å²) in [7, 11) is 0. The predicted octanol–water partition coefficient (Wildman–Crippen LogP) is 14.6. The van der Waals surface area contributed by atoms with Gasteiger partial charge < -0.3 is 0 Å². The van der Waals surface area contributed by atoms with Gasteiger partial charge in [0.05, 0.1) is 0 Å². The van der Waals surface area contributed by atoms with Gasteiger partial charge >= 0.3 is 0 Å². The largest absolute Gasteiger partial charge is 0.0616 e. The first-order chi connectivity index (χ1) is 24.1. The van der Waals surface area contributed by atoms with Gasteiger partial charge in [-0.15, -0.1) is 0 Å². The molecule has 0 aliphatic carbocycles. The molecule has 0 heterocycles. The fraction of sp³-hybridized carbons (Fsp3) is 0.160. The summed E-state index contributed by atoms with van der Waals surface area (Å²) in [5.41, 5.74) is 7.94. The zero-order chi connectivity index (χ0) is 34.1. The molecule has 0 radical (unpaired) electrons. The minimum Gasteiger partial charge on any atom is -0.0616 e. The first-order valence-electron chi connectivity index (χ1n) is 18.0. The third-order valence-corrected chi connectivity index (χ3v) is 11.5. The summed E-state index contributed by atoms with van der Waals surface area (Å²) in [4.78, 5) is 0. The van der Waals surface area contributed by atoms with E-state index >= 15 is 0 Å². The minimum absolute atomic E-state index is 0.0254. The van der Waals surface area contributed by atoms with Crippen molar-refractivity contribution in [3.8, 4) is 22.3 Å². The molecule has 240 valence electrons. The summed E-state index contributed by atoms with van der Waals surface area (Å²) in [6, 6.07) is 51.2. The van der Waals surface area contributed by atoms with E-state index in [0.29, 0.717) is 0 Å². The number of rotatable bonds is 2. The summed E-state index contributed by atoms with van der Waals surface area (Å²) >= 11 is 0. The fourth-order valence-corrected chi connectivity index (χ4v) is 8.82. The van der Waals surface area contributed by atoms with E-state index in [4.69, 9.17) is 0 Å². The van der Waals surface area contributed by atoms with Crippen LogP contribution in [0.5, 0.6) is 0 Å². The van der Waals surface area contributed by atoms with Crippen LogP contribution in [-0.2, 0) is 10.8 Å². The maximum absolute atomic E-state index is 2.51. The lowest BCUT2D eigenvalue weighted by Crippen LogP contribution is -2.11. The lowest BCUT2D eigenvalue weighted by Gasteiger charge is -2.23. The monoisotopic (exact) mass is 640 g/mol. The molecule has 0 saturated carbocycles. The van der Waals surface area contributed by atoms with Crippen molar-refractivity contribution in [2.75, 3.05) is 0 Å². The van der Waals surface area contributed by atoms with Crippen LogP contribution >= 0.6 is 0 Å². The Hall–Kier alpha value is -5.46. The molecule has 0 aliphatic rings. The molecule has 0 fully saturated rings. The molecule has 0 bridgehead atoms. The van der Waals surface area contributed by atoms with Gasteiger partial charge in [-0.1, -0.05) is 151 Å². The quantitative estimate of drug-likeness (QED) is 0.165. The Morgan fingerprint density at radius 3 is 1.26 bits per heavy atom. The van der Waals surface area contributed by atoms with E-state index in [1.54, 1.807) is 0 Å². The predicted molar refractivity (Wildman–Crippen MR) is 220 cm³/mol. The molecule has 0 saturated heterocycles. The number of hydrogen-bond donors (Lipinski definition) is 0. The molecular formula is C50H40. The molecule has 0 N–H and O–H groups in total. The standard InChI is InChI=1S/C50H40/c1-49(2,3)31-20-18-29(19-21-31)33-23-22-32(50(4,5)6)26-40(33)30-24-43-36-14-9-10-15-37(36)46-27-41-39-17-11-16-38-34-12-7-8-13-35(34)45(47(38)39)28-42(41)44(25-30)48(43)46/h7-28H,1-6H3. The number of hydrogen-bond acceptors (Lipinski definition) is 0. The van der Waals surface area contributed by atoms with Crippen molar-refractivity contribution in [3.05, 3.63) is 145 Å². The van der Waals surface area contributed by atoms with Crippen LogP contribution < -0.4 is 0 Å². The van der Waals surface area contributed by atoms with E-state index in [-0.39, 0.29) is 10.8 Å². The molecule has 0 aromatic heterocycles. The van der Waals surface area contributed by atoms with Gasteiger partial charge in [0.15, 0.2) is 0 Å². The van der Waals surface area contributed by atoms with Crippen LogP contribution in [-0.4, -0.2) is 0 Å². The molecule has 0 nitrogen and oxygen atoms in total. The first-order valence-corrected chi connectivity index (χ1v) is 18.0. The van der Waals surface area contributed by atoms with Gasteiger partial charge in [0.2, 0.25) is 0 Å². The van der Waals surface area contributed by atoms with Gasteiger partial charge in [-0.3, -0.25) is 0 Å². The Kier molecular flexibility index (Phi) is 5.92. The molecule has 10 aromatic rings. The Morgan fingerprint density at radius 2 is 0.700 bits per heavy atom. The molecule has 10 aromatic carbocycles. The molecule has 0 aliphatic heterocycles. The molecule has 10 rings (SSSR count). The minimum atomic E-state index is 0.0254. The van der Waals surface area contributed by atoms with Gasteiger partial charge in [0.25, 0.3) is 0 Å². The topological polar surface area (TPSA) is 0 Å². The molecule has 50 heavy (non-hydrogen) atoms. The molecule has 0 heteroatoms. The zero-order valence-electron chi connectivity index (χ0n) is 29.7. The van der Waals surface area contributed by atoms with Crippen molar-refractivity contribution in [3.63, 3.8) is 0 Å². The van der Waals surface area contributed by atoms with Crippen molar-refractivity contribution >= 4 is 75.4 Å². The van der Waals surface area contributed by atoms with Crippen molar-refractivity contribution in [1.82, 2.24) is 0 Å². The van der Waals surface area contributed by atoms with E-state index in [1.807, 2.05) is 0 Å². The Bertz CT molecular complexity index is 2960. The third kappa shape index (κ3) is 4.12. The van der Waals surface area contributed by atoms with E-state index in [2.05, 4.69) is 175 Å². The Labute approximate surface area is 293 Å². The molecule has 0 amide bonds. The highest BCUT2D eigenvalue weighted by molar-refractivity contribution is 6.41. The van der Waals surface area contributed by atoms with Crippen LogP contribution in [0.1, 0.15) is 52.7 Å². The number of fused-ring (bicyclic) bond motifs is 9. The van der Waals surface area contributed by atoms with E-state index < -0.39 is 0 Å². The normalized spacial score (nSPS) is 13.0. The van der Waals surface area contributed by atoms with E-state index in [0.717, 1.165) is 0 Å². The Balaban J connectivity index is 1.36. The highest BCUT2D eigenvalue weighted by Gasteiger charge is 2.23. The fourth-order valence-electron chi connectivity index (χ4n) is 8.82. The summed E-state index contributed by atoms with van der Waals surface area (Å²) in [5.74, 6) is 0. The lowest BCUT2D eigenvalue weighted by atomic mass is 9.81. The summed E-state index contributed by atoms with van der Waals surface area (Å²) in [6.45, 7) is 13.8. The van der Waals surface area contributed by atoms with E-state index in [9.17, 15) is 0 Å². The summed E-state index contributed by atoms with van der Waals surface area (Å²) in [6.07, 6.45) is 0. The van der Waals surface area contributed by atoms with Gasteiger partial charge in [-0.05, 0) is 144 Å². The highest BCUT2D eigenvalue weighted by Crippen LogP contribution is 2.49. The van der Waals surface area contributed by atoms with Crippen LogP contribution in [0.15, 0.2) is 133 Å². The second-order valence-corrected chi connectivity index (χ2v) is 16.5. The van der Waals surface area contributed by atoms with Crippen molar-refractivity contribution in [2.45, 2.75) is 52.4 Å². The van der Waals surface area contributed by atoms with Crippen LogP contribution in [0.4, 0.5) is 0 Å². The molecule has 0 unspecified atom stereocenters. The second kappa shape index (κ2) is 10.1. The Morgan fingerprint density at radius 1 is 0.280 bits per heavy atom. The van der Waals surface area contributed by atoms with Crippen LogP contribution in [0.25, 0.3) is 97.7 Å². The maximum Gasteiger partial charge on any atom is -0.00195 e. The summed E-state index contributed by atoms with van der Waals surface area (Å²) < 4.78 is 0. The third-order valence-electron chi connectivity index (χ3n) is 11.5. The highest BCUT2D eigenvalue weighted by atomic mass is 14.3. The lowest BCUT2D eigenvalue weighted by molar-refractivity contribution is 0.590. The van der Waals surface area contributed by atoms with Crippen molar-refractivity contribution in [1.29, 1.82) is 0 Å². The van der Waals surface area contributed by atoms with Crippen LogP contribution in [0.2, 0.25) is 0 Å². The average Bonchev–Trinajstić information content (AvgIpc) is 3.61. The second-order valence-electron chi connectivity index (χ2n) is 16.5. The molecule has 0 spiro atoms. The van der Waals surface area contributed by atoms with Crippen LogP contribution in [0, 0.1) is 0 Å². The number of benzene rings is 8. The average molecular weight is 641 g/mol. The van der Waals surface area contributed by atoms with E-state index in [1.165, 1.54) is 109 Å². The molecule has 0 atom stereocenters. The SMILES string of the molecule is CC(C)(C)c1ccc(-c2ccc(C(C)(C)C)cc2-c2cc3c4ccccc4c4cc5c(cc6c7ccccc7c7cccc5c76)c(c2)c34)cc1. The summed E-state index contributed by atoms with van der Waals surface area (Å²) in [5, 5.41) is 18.8. The zero-order valence-corrected chi connectivity index (χ0v) is 29.7. The smallest absolute Gasteiger partial charge is 0.00195 e. The van der Waals surface area contributed by atoms with Crippen molar-refractivity contribution < 1.29 is 0 Å². The van der Waals surface area contributed by atoms with Gasteiger partial charge in [-0.25, -0.2) is 0 Å². The molecular weight excluding hydrogens is 601 g/mol. The first kappa shape index (κ1) is 29.5. The maximum atomic E-state index is 2.51. The van der Waals surface area contributed by atoms with Crippen molar-refractivity contribution in [2.24, 2.45) is 0 Å². The van der Waals surface area contributed by atoms with Crippen LogP contribution in [0.3, 0.4) is 0 Å².